The Labute approximate surface area is 173 Å². The minimum atomic E-state index is -4.85. The van der Waals surface area contributed by atoms with E-state index in [1.807, 2.05) is 0 Å². The van der Waals surface area contributed by atoms with Gasteiger partial charge in [0.25, 0.3) is 0 Å². The van der Waals surface area contributed by atoms with Gasteiger partial charge in [0.2, 0.25) is 12.9 Å². The summed E-state index contributed by atoms with van der Waals surface area (Å²) in [6.45, 7) is 0.223. The Kier molecular flexibility index (Phi) is 12.8. The first-order chi connectivity index (χ1) is 13.6. The molecule has 14 heteroatoms. The molecule has 0 spiro atoms. The van der Waals surface area contributed by atoms with E-state index in [0.29, 0.717) is 6.54 Å². The maximum atomic E-state index is 13.1. The number of aliphatic hydroxyl groups is 1. The summed E-state index contributed by atoms with van der Waals surface area (Å²) in [7, 11) is 1.80. The number of likely N-dealkylation sites (N-methyl/N-ethyl adjacent to an activating group) is 1. The third-order valence-corrected chi connectivity index (χ3v) is 3.52. The van der Waals surface area contributed by atoms with E-state index in [-0.39, 0.29) is 28.0 Å². The minimum absolute atomic E-state index is 0.106. The van der Waals surface area contributed by atoms with Gasteiger partial charge in [-0.25, -0.2) is 21.8 Å². The first kappa shape index (κ1) is 27.4. The van der Waals surface area contributed by atoms with Crippen LogP contribution < -0.4 is 21.8 Å². The Morgan fingerprint density at radius 2 is 2.00 bits per heavy atom. The van der Waals surface area contributed by atoms with Gasteiger partial charge in [0.05, 0.1) is 17.2 Å². The fourth-order valence-electron chi connectivity index (χ4n) is 1.93. The van der Waals surface area contributed by atoms with Crippen LogP contribution in [0.15, 0.2) is 17.7 Å². The van der Waals surface area contributed by atoms with Crippen molar-refractivity contribution in [3.05, 3.63) is 33.3 Å². The second-order valence-corrected chi connectivity index (χ2v) is 5.83. The zero-order valence-electron chi connectivity index (χ0n) is 15.1. The lowest BCUT2D eigenvalue weighted by Crippen LogP contribution is -2.42. The number of ether oxygens (including phenoxy) is 2. The molecule has 0 fully saturated rings. The summed E-state index contributed by atoms with van der Waals surface area (Å²) >= 11 is 11.6. The van der Waals surface area contributed by atoms with Crippen LogP contribution in [0.2, 0.25) is 10.0 Å². The molecule has 29 heavy (non-hydrogen) atoms. The molecule has 1 aromatic rings. The van der Waals surface area contributed by atoms with Crippen LogP contribution in [0, 0.1) is 0 Å². The topological polar surface area (TPSA) is 151 Å². The Morgan fingerprint density at radius 1 is 1.38 bits per heavy atom. The number of carbonyl (C=O) groups excluding carboxylic acids is 1. The summed E-state index contributed by atoms with van der Waals surface area (Å²) in [5.74, 6) is 5.40. The number of nitrogens with one attached hydrogen (secondary N) is 1. The number of nitrogens with two attached hydrogens (primary N) is 1. The molecule has 9 nitrogen and oxygen atoms in total. The lowest BCUT2D eigenvalue weighted by atomic mass is 10.0. The molecule has 166 valence electrons. The molecule has 0 aromatic heterocycles. The number of esters is 1. The van der Waals surface area contributed by atoms with Gasteiger partial charge in [0.15, 0.2) is 0 Å². The average Bonchev–Trinajstić information content (AvgIpc) is 2.67. The molecular formula is C15H21Cl2F3N3O6+. The molecule has 1 heterocycles. The van der Waals surface area contributed by atoms with E-state index < -0.39 is 30.6 Å². The number of benzene rings is 1. The Balaban J connectivity index is 0.000000977. The zero-order valence-corrected chi connectivity index (χ0v) is 16.6. The first-order valence-electron chi connectivity index (χ1n) is 7.65. The Bertz CT molecular complexity index is 690. The fourth-order valence-corrected chi connectivity index (χ4v) is 2.48. The van der Waals surface area contributed by atoms with Crippen molar-refractivity contribution in [2.75, 3.05) is 27.0 Å². The maximum Gasteiger partial charge on any atom is 0.430 e. The SMILES string of the molecule is CNCCO.NOCOC(=O)C1=Cc2cc(Cl)cc(Cl)c2OC1C(F)(F)F.[NH3+]O. The number of rotatable bonds is 5. The average molecular weight is 467 g/mol. The highest BCUT2D eigenvalue weighted by atomic mass is 35.5. The second kappa shape index (κ2) is 13.6. The summed E-state index contributed by atoms with van der Waals surface area (Å²) < 4.78 is 48.5. The van der Waals surface area contributed by atoms with Crippen LogP contribution in [0.4, 0.5) is 13.2 Å². The first-order valence-corrected chi connectivity index (χ1v) is 8.41. The predicted molar refractivity (Wildman–Crippen MR) is 96.8 cm³/mol. The van der Waals surface area contributed by atoms with Crippen molar-refractivity contribution in [2.24, 2.45) is 5.90 Å². The van der Waals surface area contributed by atoms with E-state index in [9.17, 15) is 18.0 Å². The molecule has 2 rings (SSSR count). The Hall–Kier alpha value is -1.64. The number of quaternary nitrogens is 1. The van der Waals surface area contributed by atoms with Gasteiger partial charge < -0.3 is 19.9 Å². The zero-order chi connectivity index (χ0) is 22.6. The van der Waals surface area contributed by atoms with Gasteiger partial charge in [-0.15, -0.1) is 0 Å². The van der Waals surface area contributed by atoms with Crippen molar-refractivity contribution in [3.8, 4) is 5.75 Å². The van der Waals surface area contributed by atoms with Crippen LogP contribution in [0.25, 0.3) is 6.08 Å². The molecule has 0 saturated heterocycles. The van der Waals surface area contributed by atoms with Crippen LogP contribution in [-0.4, -0.2) is 55.6 Å². The van der Waals surface area contributed by atoms with Crippen LogP contribution in [0.3, 0.4) is 0 Å². The summed E-state index contributed by atoms with van der Waals surface area (Å²) in [6, 6.07) is 2.54. The fraction of sp³-hybridized carbons (Fsp3) is 0.400. The van der Waals surface area contributed by atoms with Crippen LogP contribution in [-0.2, 0) is 14.4 Å². The van der Waals surface area contributed by atoms with Crippen molar-refractivity contribution < 1.29 is 48.5 Å². The van der Waals surface area contributed by atoms with Crippen LogP contribution in [0.5, 0.6) is 5.75 Å². The molecule has 0 radical (unpaired) electrons. The smallest absolute Gasteiger partial charge is 0.430 e. The second-order valence-electron chi connectivity index (χ2n) is 4.99. The van der Waals surface area contributed by atoms with Crippen molar-refractivity contribution in [1.82, 2.24) is 5.32 Å². The highest BCUT2D eigenvalue weighted by molar-refractivity contribution is 6.36. The number of aliphatic hydroxyl groups excluding tert-OH is 1. The number of alkyl halides is 3. The van der Waals surface area contributed by atoms with E-state index in [0.717, 1.165) is 6.08 Å². The molecule has 1 aliphatic heterocycles. The van der Waals surface area contributed by atoms with Crippen molar-refractivity contribution in [3.63, 3.8) is 0 Å². The van der Waals surface area contributed by atoms with E-state index in [2.05, 4.69) is 26.7 Å². The molecule has 1 unspecified atom stereocenters. The minimum Gasteiger partial charge on any atom is -0.474 e. The van der Waals surface area contributed by atoms with Crippen LogP contribution >= 0.6 is 23.2 Å². The molecule has 0 bridgehead atoms. The molecule has 0 aliphatic carbocycles. The lowest BCUT2D eigenvalue weighted by molar-refractivity contribution is -0.670. The number of halogens is 5. The molecule has 8 N–H and O–H groups in total. The normalized spacial score (nSPS) is 14.8. The summed E-state index contributed by atoms with van der Waals surface area (Å²) in [6.07, 6.45) is -6.42. The van der Waals surface area contributed by atoms with E-state index in [1.54, 1.807) is 7.05 Å². The van der Waals surface area contributed by atoms with Crippen molar-refractivity contribution >= 4 is 35.2 Å². The summed E-state index contributed by atoms with van der Waals surface area (Å²) in [5, 5.41) is 17.6. The Morgan fingerprint density at radius 3 is 2.45 bits per heavy atom. The van der Waals surface area contributed by atoms with Crippen LogP contribution in [0.1, 0.15) is 5.56 Å². The van der Waals surface area contributed by atoms with Gasteiger partial charge in [0.1, 0.15) is 5.75 Å². The molecule has 0 amide bonds. The van der Waals surface area contributed by atoms with Gasteiger partial charge >= 0.3 is 12.1 Å². The molecule has 1 atom stereocenters. The molecule has 1 aromatic carbocycles. The molecule has 0 saturated carbocycles. The predicted octanol–water partition coefficient (Wildman–Crippen LogP) is 0.907. The van der Waals surface area contributed by atoms with E-state index in [1.165, 1.54) is 12.1 Å². The molecule has 1 aliphatic rings. The van der Waals surface area contributed by atoms with Gasteiger partial charge in [0, 0.05) is 17.1 Å². The van der Waals surface area contributed by atoms with E-state index >= 15 is 0 Å². The third-order valence-electron chi connectivity index (χ3n) is 3.02. The summed E-state index contributed by atoms with van der Waals surface area (Å²) in [4.78, 5) is 15.7. The van der Waals surface area contributed by atoms with Gasteiger partial charge in [-0.1, -0.05) is 23.2 Å². The number of fused-ring (bicyclic) bond motifs is 1. The number of hydrogen-bond donors (Lipinski definition) is 5. The van der Waals surface area contributed by atoms with Crippen molar-refractivity contribution in [1.29, 1.82) is 0 Å². The monoisotopic (exact) mass is 466 g/mol. The third kappa shape index (κ3) is 8.72. The highest BCUT2D eigenvalue weighted by Gasteiger charge is 2.49. The van der Waals surface area contributed by atoms with Gasteiger partial charge in [-0.05, 0) is 25.3 Å². The standard InChI is InChI=1S/C12H8Cl2F3NO4.C3H9NO.H4NO/c13-6-1-5-2-7(11(19)20-4-21-18)10(12(15,16)17)22-9(5)8(14)3-6;1-4-2-3-5;1-2/h1-3,10H,4,18H2;4-5H,2-3H2,1H3;2H,1H3/q;;+1. The highest BCUT2D eigenvalue weighted by Crippen LogP contribution is 2.42. The van der Waals surface area contributed by atoms with Gasteiger partial charge in [-0.2, -0.15) is 13.2 Å². The lowest BCUT2D eigenvalue weighted by Gasteiger charge is -2.28. The number of hydrogen-bond acceptors (Lipinski definition) is 8. The maximum absolute atomic E-state index is 13.1. The number of carbonyl (C=O) groups is 1. The van der Waals surface area contributed by atoms with Crippen molar-refractivity contribution in [2.45, 2.75) is 12.3 Å². The van der Waals surface area contributed by atoms with E-state index in [4.69, 9.17) is 38.3 Å². The summed E-state index contributed by atoms with van der Waals surface area (Å²) in [5.41, 5.74) is -0.644. The largest absolute Gasteiger partial charge is 0.474 e. The molecular weight excluding hydrogens is 446 g/mol. The quantitative estimate of drug-likeness (QED) is 0.244. The van der Waals surface area contributed by atoms with Gasteiger partial charge in [-0.3, -0.25) is 4.84 Å².